The molecule has 1 unspecified atom stereocenters. The van der Waals surface area contributed by atoms with Crippen molar-refractivity contribution < 1.29 is 14.3 Å². The second-order valence-electron chi connectivity index (χ2n) is 6.40. The van der Waals surface area contributed by atoms with Crippen LogP contribution in [0.3, 0.4) is 0 Å². The van der Waals surface area contributed by atoms with Crippen LogP contribution in [0.4, 0.5) is 5.69 Å². The molecule has 1 aliphatic rings. The van der Waals surface area contributed by atoms with Gasteiger partial charge < -0.3 is 25.0 Å². The van der Waals surface area contributed by atoms with Gasteiger partial charge in [-0.25, -0.2) is 4.99 Å². The van der Waals surface area contributed by atoms with Crippen molar-refractivity contribution in [1.29, 1.82) is 0 Å². The fraction of sp³-hybridized carbons (Fsp3) is 0.579. The molecule has 1 fully saturated rings. The van der Waals surface area contributed by atoms with Gasteiger partial charge in [0.25, 0.3) is 0 Å². The average molecular weight is 362 g/mol. The first kappa shape index (κ1) is 20.0. The largest absolute Gasteiger partial charge is 0.492 e. The van der Waals surface area contributed by atoms with Crippen LogP contribution < -0.4 is 15.4 Å². The van der Waals surface area contributed by atoms with Gasteiger partial charge in [-0.3, -0.25) is 4.79 Å². The Morgan fingerprint density at radius 2 is 2.31 bits per heavy atom. The monoisotopic (exact) mass is 362 g/mol. The van der Waals surface area contributed by atoms with Crippen molar-refractivity contribution in [2.45, 2.75) is 20.3 Å². The number of hydrogen-bond acceptors (Lipinski definition) is 4. The minimum atomic E-state index is -0.0993. The van der Waals surface area contributed by atoms with Gasteiger partial charge in [0.2, 0.25) is 5.91 Å². The van der Waals surface area contributed by atoms with E-state index >= 15 is 0 Å². The topological polar surface area (TPSA) is 75.2 Å². The van der Waals surface area contributed by atoms with Crippen molar-refractivity contribution in [2.75, 3.05) is 51.8 Å². The molecule has 0 radical (unpaired) electrons. The highest BCUT2D eigenvalue weighted by atomic mass is 16.5. The molecule has 1 aromatic carbocycles. The number of aliphatic imine (C=N–C) groups is 1. The third kappa shape index (κ3) is 6.92. The molecule has 1 saturated heterocycles. The van der Waals surface area contributed by atoms with Gasteiger partial charge in [-0.2, -0.15) is 0 Å². The minimum Gasteiger partial charge on any atom is -0.492 e. The van der Waals surface area contributed by atoms with Crippen molar-refractivity contribution in [2.24, 2.45) is 10.9 Å². The first-order valence-corrected chi connectivity index (χ1v) is 9.16. The van der Waals surface area contributed by atoms with Gasteiger partial charge in [0.1, 0.15) is 12.4 Å². The minimum absolute atomic E-state index is 0.0993. The Morgan fingerprint density at radius 1 is 1.46 bits per heavy atom. The van der Waals surface area contributed by atoms with Gasteiger partial charge in [-0.05, 0) is 25.5 Å². The molecule has 1 aliphatic heterocycles. The maximum atomic E-state index is 11.1. The Hall–Kier alpha value is -2.28. The number of carbonyl (C=O) groups is 1. The normalized spacial score (nSPS) is 17.0. The van der Waals surface area contributed by atoms with Crippen LogP contribution in [0, 0.1) is 5.92 Å². The maximum Gasteiger partial charge on any atom is 0.221 e. The highest BCUT2D eigenvalue weighted by Gasteiger charge is 2.18. The van der Waals surface area contributed by atoms with E-state index in [1.165, 1.54) is 6.92 Å². The van der Waals surface area contributed by atoms with Crippen molar-refractivity contribution in [1.82, 2.24) is 10.2 Å². The van der Waals surface area contributed by atoms with Crippen LogP contribution in [0.1, 0.15) is 20.3 Å². The van der Waals surface area contributed by atoms with E-state index in [0.717, 1.165) is 44.4 Å². The molecule has 7 heteroatoms. The van der Waals surface area contributed by atoms with E-state index in [1.807, 2.05) is 24.3 Å². The van der Waals surface area contributed by atoms with Gasteiger partial charge in [0, 0.05) is 51.3 Å². The third-order valence-corrected chi connectivity index (χ3v) is 4.03. The van der Waals surface area contributed by atoms with E-state index in [-0.39, 0.29) is 5.91 Å². The predicted octanol–water partition coefficient (Wildman–Crippen LogP) is 1.96. The van der Waals surface area contributed by atoms with Crippen molar-refractivity contribution in [3.63, 3.8) is 0 Å². The number of ether oxygens (including phenoxy) is 2. The fourth-order valence-corrected chi connectivity index (χ4v) is 2.85. The Bertz CT molecular complexity index is 600. The lowest BCUT2D eigenvalue weighted by molar-refractivity contribution is -0.114. The summed E-state index contributed by atoms with van der Waals surface area (Å²) < 4.78 is 11.2. The molecule has 2 rings (SSSR count). The lowest BCUT2D eigenvalue weighted by Gasteiger charge is -2.24. The number of amides is 1. The number of benzene rings is 1. The number of carbonyl (C=O) groups excluding carboxylic acids is 1. The van der Waals surface area contributed by atoms with Crippen LogP contribution in [0.5, 0.6) is 5.75 Å². The van der Waals surface area contributed by atoms with Crippen LogP contribution in [0.2, 0.25) is 0 Å². The first-order valence-electron chi connectivity index (χ1n) is 9.16. The number of nitrogens with zero attached hydrogens (tertiary/aromatic N) is 2. The summed E-state index contributed by atoms with van der Waals surface area (Å²) in [5.41, 5.74) is 0.727. The molecular weight excluding hydrogens is 332 g/mol. The Labute approximate surface area is 155 Å². The maximum absolute atomic E-state index is 11.1. The van der Waals surface area contributed by atoms with E-state index in [2.05, 4.69) is 34.5 Å². The van der Waals surface area contributed by atoms with Gasteiger partial charge in [0.05, 0.1) is 13.2 Å². The molecule has 7 nitrogen and oxygen atoms in total. The second kappa shape index (κ2) is 10.7. The molecule has 1 amide bonds. The number of anilines is 1. The van der Waals surface area contributed by atoms with Gasteiger partial charge in [0.15, 0.2) is 5.96 Å². The zero-order valence-corrected chi connectivity index (χ0v) is 16.0. The highest BCUT2D eigenvalue weighted by molar-refractivity contribution is 5.88. The lowest BCUT2D eigenvalue weighted by atomic mass is 10.1. The quantitative estimate of drug-likeness (QED) is 0.420. The van der Waals surface area contributed by atoms with Gasteiger partial charge >= 0.3 is 0 Å². The van der Waals surface area contributed by atoms with Crippen LogP contribution in [0.25, 0.3) is 0 Å². The summed E-state index contributed by atoms with van der Waals surface area (Å²) in [6.07, 6.45) is 1.11. The lowest BCUT2D eigenvalue weighted by Crippen LogP contribution is -2.41. The summed E-state index contributed by atoms with van der Waals surface area (Å²) in [5, 5.41) is 6.06. The second-order valence-corrected chi connectivity index (χ2v) is 6.40. The van der Waals surface area contributed by atoms with E-state index in [0.29, 0.717) is 24.8 Å². The Kier molecular flexibility index (Phi) is 8.21. The zero-order chi connectivity index (χ0) is 18.8. The molecule has 1 atom stereocenters. The van der Waals surface area contributed by atoms with Crippen molar-refractivity contribution >= 4 is 17.6 Å². The van der Waals surface area contributed by atoms with E-state index in [9.17, 15) is 4.79 Å². The Balaban J connectivity index is 1.82. The summed E-state index contributed by atoms with van der Waals surface area (Å²) in [6.45, 7) is 8.02. The van der Waals surface area contributed by atoms with Gasteiger partial charge in [-0.15, -0.1) is 0 Å². The molecule has 0 aromatic heterocycles. The van der Waals surface area contributed by atoms with Crippen molar-refractivity contribution in [3.8, 4) is 5.75 Å². The number of rotatable bonds is 8. The molecule has 1 heterocycles. The molecule has 2 N–H and O–H groups in total. The molecule has 26 heavy (non-hydrogen) atoms. The first-order chi connectivity index (χ1) is 12.6. The van der Waals surface area contributed by atoms with Gasteiger partial charge in [-0.1, -0.05) is 6.07 Å². The molecular formula is C19H30N4O3. The molecule has 0 saturated carbocycles. The summed E-state index contributed by atoms with van der Waals surface area (Å²) in [4.78, 5) is 17.9. The van der Waals surface area contributed by atoms with Crippen LogP contribution in [-0.4, -0.2) is 63.3 Å². The van der Waals surface area contributed by atoms with Crippen LogP contribution in [-0.2, 0) is 9.53 Å². The molecule has 144 valence electrons. The van der Waals surface area contributed by atoms with E-state index < -0.39 is 0 Å². The summed E-state index contributed by atoms with van der Waals surface area (Å²) in [7, 11) is 2.05. The van der Waals surface area contributed by atoms with E-state index in [1.54, 1.807) is 0 Å². The number of hydrogen-bond donors (Lipinski definition) is 2. The smallest absolute Gasteiger partial charge is 0.221 e. The summed E-state index contributed by atoms with van der Waals surface area (Å²) in [5.74, 6) is 2.07. The molecule has 0 bridgehead atoms. The molecule has 0 aliphatic carbocycles. The van der Waals surface area contributed by atoms with E-state index in [4.69, 9.17) is 9.47 Å². The standard InChI is InChI=1S/C19H30N4O3/c1-4-20-19(23(3)13-16-8-10-25-14-16)21-9-11-26-18-7-5-6-17(12-18)22-15(2)24/h5-7,12,16H,4,8-11,13-14H2,1-3H3,(H,20,21)(H,22,24). The summed E-state index contributed by atoms with van der Waals surface area (Å²) in [6, 6.07) is 7.36. The summed E-state index contributed by atoms with van der Waals surface area (Å²) >= 11 is 0. The molecule has 0 spiro atoms. The zero-order valence-electron chi connectivity index (χ0n) is 16.0. The Morgan fingerprint density at radius 3 is 3.00 bits per heavy atom. The van der Waals surface area contributed by atoms with Crippen molar-refractivity contribution in [3.05, 3.63) is 24.3 Å². The average Bonchev–Trinajstić information content (AvgIpc) is 3.10. The predicted molar refractivity (Wildman–Crippen MR) is 104 cm³/mol. The number of guanidine groups is 1. The SMILES string of the molecule is CCNC(=NCCOc1cccc(NC(C)=O)c1)N(C)CC1CCOC1. The van der Waals surface area contributed by atoms with Crippen LogP contribution >= 0.6 is 0 Å². The third-order valence-electron chi connectivity index (χ3n) is 4.03. The number of nitrogens with one attached hydrogen (secondary N) is 2. The van der Waals surface area contributed by atoms with Crippen LogP contribution in [0.15, 0.2) is 29.3 Å². The highest BCUT2D eigenvalue weighted by Crippen LogP contribution is 2.17. The fourth-order valence-electron chi connectivity index (χ4n) is 2.85. The molecule has 1 aromatic rings.